The lowest BCUT2D eigenvalue weighted by molar-refractivity contribution is -0.302. The standard InChI is InChI=1S/C24H23F4N5O5/c1-36-6-7-38-16-8-17(25)20-18(9-16)29-13-30-21(20)31-14-2-4-15(5-3-14)32-22(35)33-19(34)10-23(11-37-12-23)24(26,27)28/h2-5,8-9,13H,6-7,10-12H2,1H3,(H,29,30,31)(H2,32,33,34,35). The van der Waals surface area contributed by atoms with E-state index in [2.05, 4.69) is 25.3 Å². The summed E-state index contributed by atoms with van der Waals surface area (Å²) in [6, 6.07) is 7.86. The number of alkyl halides is 3. The van der Waals surface area contributed by atoms with E-state index in [1.54, 1.807) is 18.2 Å². The van der Waals surface area contributed by atoms with Crippen LogP contribution in [0.4, 0.5) is 39.5 Å². The number of hydrogen-bond acceptors (Lipinski definition) is 8. The van der Waals surface area contributed by atoms with Crippen molar-refractivity contribution in [3.8, 4) is 5.75 Å². The second-order valence-corrected chi connectivity index (χ2v) is 8.52. The molecule has 0 radical (unpaired) electrons. The number of hydrogen-bond donors (Lipinski definition) is 3. The van der Waals surface area contributed by atoms with Gasteiger partial charge in [-0.25, -0.2) is 19.2 Å². The minimum atomic E-state index is -4.63. The monoisotopic (exact) mass is 537 g/mol. The number of benzene rings is 2. The molecule has 10 nitrogen and oxygen atoms in total. The zero-order chi connectivity index (χ0) is 27.3. The Bertz CT molecular complexity index is 1320. The molecule has 1 aliphatic rings. The first kappa shape index (κ1) is 27.0. The molecule has 1 saturated heterocycles. The van der Waals surface area contributed by atoms with Gasteiger partial charge in [0.1, 0.15) is 35.7 Å². The Hall–Kier alpha value is -4.04. The van der Waals surface area contributed by atoms with Crippen LogP contribution < -0.4 is 20.7 Å². The highest BCUT2D eigenvalue weighted by molar-refractivity contribution is 6.01. The van der Waals surface area contributed by atoms with Gasteiger partial charge < -0.3 is 24.8 Å². The van der Waals surface area contributed by atoms with Crippen molar-refractivity contribution in [1.29, 1.82) is 0 Å². The maximum atomic E-state index is 14.8. The Morgan fingerprint density at radius 2 is 1.79 bits per heavy atom. The quantitative estimate of drug-likeness (QED) is 0.275. The van der Waals surface area contributed by atoms with Gasteiger partial charge in [-0.05, 0) is 24.3 Å². The van der Waals surface area contributed by atoms with Crippen molar-refractivity contribution in [3.05, 3.63) is 48.5 Å². The number of imide groups is 1. The summed E-state index contributed by atoms with van der Waals surface area (Å²) in [6.07, 6.45) is -4.28. The molecule has 38 heavy (non-hydrogen) atoms. The van der Waals surface area contributed by atoms with Gasteiger partial charge in [-0.2, -0.15) is 13.2 Å². The number of halogens is 4. The average Bonchev–Trinajstić information content (AvgIpc) is 2.82. The van der Waals surface area contributed by atoms with Gasteiger partial charge in [0.25, 0.3) is 0 Å². The number of nitrogens with one attached hydrogen (secondary N) is 3. The SMILES string of the molecule is COCCOc1cc(F)c2c(Nc3ccc(NC(=O)NC(=O)CC4(C(F)(F)F)COC4)cc3)ncnc2c1. The highest BCUT2D eigenvalue weighted by atomic mass is 19.4. The lowest BCUT2D eigenvalue weighted by Gasteiger charge is -2.41. The molecule has 3 amide bonds. The molecule has 202 valence electrons. The van der Waals surface area contributed by atoms with Gasteiger partial charge in [-0.15, -0.1) is 0 Å². The zero-order valence-corrected chi connectivity index (χ0v) is 20.0. The Morgan fingerprint density at radius 1 is 1.08 bits per heavy atom. The van der Waals surface area contributed by atoms with E-state index in [1.807, 2.05) is 5.32 Å². The maximum Gasteiger partial charge on any atom is 0.399 e. The van der Waals surface area contributed by atoms with Crippen molar-refractivity contribution in [3.63, 3.8) is 0 Å². The van der Waals surface area contributed by atoms with Crippen LogP contribution in [-0.4, -0.2) is 61.6 Å². The second-order valence-electron chi connectivity index (χ2n) is 8.52. The summed E-state index contributed by atoms with van der Waals surface area (Å²) in [4.78, 5) is 32.3. The van der Waals surface area contributed by atoms with Crippen LogP contribution in [0.2, 0.25) is 0 Å². The number of carbonyl (C=O) groups is 2. The molecule has 0 bridgehead atoms. The summed E-state index contributed by atoms with van der Waals surface area (Å²) >= 11 is 0. The first-order valence-electron chi connectivity index (χ1n) is 11.3. The summed E-state index contributed by atoms with van der Waals surface area (Å²) in [5, 5.41) is 7.37. The normalized spacial score (nSPS) is 14.4. The van der Waals surface area contributed by atoms with Crippen molar-refractivity contribution >= 4 is 40.0 Å². The van der Waals surface area contributed by atoms with Crippen molar-refractivity contribution in [2.75, 3.05) is 44.2 Å². The molecule has 3 aromatic rings. The van der Waals surface area contributed by atoms with Gasteiger partial charge in [0.15, 0.2) is 0 Å². The van der Waals surface area contributed by atoms with Crippen LogP contribution in [0.25, 0.3) is 10.9 Å². The van der Waals surface area contributed by atoms with E-state index in [0.717, 1.165) is 0 Å². The van der Waals surface area contributed by atoms with E-state index < -0.39 is 49.0 Å². The summed E-state index contributed by atoms with van der Waals surface area (Å²) in [7, 11) is 1.52. The van der Waals surface area contributed by atoms with Gasteiger partial charge >= 0.3 is 12.2 Å². The lowest BCUT2D eigenvalue weighted by atomic mass is 9.81. The number of fused-ring (bicyclic) bond motifs is 1. The summed E-state index contributed by atoms with van der Waals surface area (Å²) < 4.78 is 69.3. The zero-order valence-electron chi connectivity index (χ0n) is 20.0. The third kappa shape index (κ3) is 6.08. The molecule has 1 aliphatic heterocycles. The fourth-order valence-corrected chi connectivity index (χ4v) is 3.67. The number of anilines is 3. The van der Waals surface area contributed by atoms with Crippen LogP contribution in [0.15, 0.2) is 42.7 Å². The fraction of sp³-hybridized carbons (Fsp3) is 0.333. The molecule has 2 heterocycles. The topological polar surface area (TPSA) is 124 Å². The molecular formula is C24H23F4N5O5. The molecule has 0 aliphatic carbocycles. The highest BCUT2D eigenvalue weighted by Gasteiger charge is 2.60. The van der Waals surface area contributed by atoms with Gasteiger partial charge in [-0.1, -0.05) is 0 Å². The Kier molecular flexibility index (Phi) is 7.92. The molecule has 0 spiro atoms. The smallest absolute Gasteiger partial charge is 0.399 e. The number of nitrogens with zero attached hydrogens (tertiary/aromatic N) is 2. The minimum Gasteiger partial charge on any atom is -0.491 e. The Labute approximate surface area is 213 Å². The highest BCUT2D eigenvalue weighted by Crippen LogP contribution is 2.46. The molecule has 2 aromatic carbocycles. The molecule has 3 N–H and O–H groups in total. The van der Waals surface area contributed by atoms with Crippen LogP contribution >= 0.6 is 0 Å². The first-order chi connectivity index (χ1) is 18.1. The fourth-order valence-electron chi connectivity index (χ4n) is 3.67. The first-order valence-corrected chi connectivity index (χ1v) is 11.3. The number of rotatable bonds is 9. The maximum absolute atomic E-state index is 14.8. The number of amides is 3. The lowest BCUT2D eigenvalue weighted by Crippen LogP contribution is -2.56. The molecule has 0 saturated carbocycles. The van der Waals surface area contributed by atoms with Gasteiger partial charge in [-0.3, -0.25) is 10.1 Å². The van der Waals surface area contributed by atoms with E-state index in [9.17, 15) is 27.2 Å². The molecular weight excluding hydrogens is 514 g/mol. The van der Waals surface area contributed by atoms with Crippen molar-refractivity contribution in [2.24, 2.45) is 5.41 Å². The molecule has 1 fully saturated rings. The van der Waals surface area contributed by atoms with Crippen molar-refractivity contribution in [2.45, 2.75) is 12.6 Å². The van der Waals surface area contributed by atoms with Crippen LogP contribution in [0.1, 0.15) is 6.42 Å². The third-order valence-corrected chi connectivity index (χ3v) is 5.74. The molecule has 14 heteroatoms. The van der Waals surface area contributed by atoms with Crippen molar-refractivity contribution < 1.29 is 41.4 Å². The average molecular weight is 537 g/mol. The van der Waals surface area contributed by atoms with Gasteiger partial charge in [0, 0.05) is 37.0 Å². The summed E-state index contributed by atoms with van der Waals surface area (Å²) in [5.41, 5.74) is -1.22. The van der Waals surface area contributed by atoms with E-state index in [1.165, 1.54) is 31.6 Å². The van der Waals surface area contributed by atoms with E-state index in [4.69, 9.17) is 9.47 Å². The van der Waals surface area contributed by atoms with Gasteiger partial charge in [0.2, 0.25) is 5.91 Å². The molecule has 0 atom stereocenters. The molecule has 4 rings (SSSR count). The largest absolute Gasteiger partial charge is 0.491 e. The van der Waals surface area contributed by atoms with E-state index in [0.29, 0.717) is 23.6 Å². The summed E-state index contributed by atoms with van der Waals surface area (Å²) in [6.45, 7) is -0.676. The number of carbonyl (C=O) groups excluding carboxylic acids is 2. The second kappa shape index (κ2) is 11.1. The minimum absolute atomic E-state index is 0.139. The van der Waals surface area contributed by atoms with E-state index >= 15 is 0 Å². The van der Waals surface area contributed by atoms with E-state index in [-0.39, 0.29) is 23.5 Å². The van der Waals surface area contributed by atoms with Crippen LogP contribution in [0.5, 0.6) is 5.75 Å². The van der Waals surface area contributed by atoms with Crippen LogP contribution in [0.3, 0.4) is 0 Å². The van der Waals surface area contributed by atoms with Crippen LogP contribution in [0, 0.1) is 11.2 Å². The van der Waals surface area contributed by atoms with Crippen LogP contribution in [-0.2, 0) is 14.3 Å². The molecule has 1 aromatic heterocycles. The van der Waals surface area contributed by atoms with Gasteiger partial charge in [0.05, 0.1) is 30.7 Å². The Balaban J connectivity index is 1.37. The number of ether oxygens (including phenoxy) is 3. The predicted octanol–water partition coefficient (Wildman–Crippen LogP) is 4.15. The number of aromatic nitrogens is 2. The Morgan fingerprint density at radius 3 is 2.42 bits per heavy atom. The summed E-state index contributed by atoms with van der Waals surface area (Å²) in [5.74, 6) is -1.19. The molecule has 0 unspecified atom stereocenters. The number of urea groups is 1. The predicted molar refractivity (Wildman–Crippen MR) is 128 cm³/mol. The number of methoxy groups -OCH3 is 1. The van der Waals surface area contributed by atoms with Crippen molar-refractivity contribution in [1.82, 2.24) is 15.3 Å². The third-order valence-electron chi connectivity index (χ3n) is 5.74.